The Morgan fingerprint density at radius 3 is 1.68 bits per heavy atom. The Morgan fingerprint density at radius 1 is 0.596 bits per heavy atom. The van der Waals surface area contributed by atoms with Crippen molar-refractivity contribution in [2.24, 2.45) is 0 Å². The molecule has 0 aromatic heterocycles. The number of aliphatic hydroxyl groups is 4. The Morgan fingerprint density at radius 2 is 1.11 bits per heavy atom. The van der Waals surface area contributed by atoms with Crippen molar-refractivity contribution in [3.63, 3.8) is 0 Å². The summed E-state index contributed by atoms with van der Waals surface area (Å²) in [6, 6.07) is 0. The van der Waals surface area contributed by atoms with Gasteiger partial charge in [0.1, 0.15) is 31.0 Å². The van der Waals surface area contributed by atoms with Gasteiger partial charge in [-0.05, 0) is 76.4 Å². The van der Waals surface area contributed by atoms with Crippen LogP contribution in [0.2, 0.25) is 0 Å². The third kappa shape index (κ3) is 29.5. The molecule has 1 aliphatic heterocycles. The molecule has 10 nitrogen and oxygen atoms in total. The minimum atomic E-state index is -1.60. The zero-order valence-electron chi connectivity index (χ0n) is 35.9. The zero-order chi connectivity index (χ0) is 41.6. The fraction of sp³-hybridized carbons (Fsp3) is 0.809. The summed E-state index contributed by atoms with van der Waals surface area (Å²) >= 11 is 0. The molecule has 0 aromatic rings. The topological polar surface area (TPSA) is 152 Å². The third-order valence-electron chi connectivity index (χ3n) is 10.3. The highest BCUT2D eigenvalue weighted by Gasteiger charge is 2.44. The molecule has 4 N–H and O–H groups in total. The minimum Gasteiger partial charge on any atom is -0.462 e. The normalized spacial score (nSPS) is 20.1. The van der Waals surface area contributed by atoms with Gasteiger partial charge in [0.05, 0.1) is 13.2 Å². The van der Waals surface area contributed by atoms with Crippen LogP contribution in [0.1, 0.15) is 187 Å². The van der Waals surface area contributed by atoms with Crippen molar-refractivity contribution in [3.05, 3.63) is 42.2 Å². The fourth-order valence-corrected chi connectivity index (χ4v) is 6.62. The molecule has 0 radical (unpaired) electrons. The lowest BCUT2D eigenvalue weighted by atomic mass is 9.99. The van der Waals surface area contributed by atoms with Gasteiger partial charge in [-0.2, -0.15) is 0 Å². The summed E-state index contributed by atoms with van der Waals surface area (Å²) in [5.41, 5.74) is 3.29. The molecule has 0 saturated carbocycles. The average molecular weight is 807 g/mol. The van der Waals surface area contributed by atoms with Crippen LogP contribution < -0.4 is 0 Å². The molecular formula is C47H82O10. The van der Waals surface area contributed by atoms with Crippen molar-refractivity contribution in [2.45, 2.75) is 224 Å². The molecule has 2 unspecified atom stereocenters. The first kappa shape index (κ1) is 52.7. The van der Waals surface area contributed by atoms with E-state index in [1.165, 1.54) is 89.9 Å². The van der Waals surface area contributed by atoms with Gasteiger partial charge in [-0.1, -0.05) is 134 Å². The van der Waals surface area contributed by atoms with Crippen molar-refractivity contribution in [1.29, 1.82) is 0 Å². The van der Waals surface area contributed by atoms with Gasteiger partial charge in [-0.25, -0.2) is 0 Å². The molecule has 57 heavy (non-hydrogen) atoms. The van der Waals surface area contributed by atoms with E-state index >= 15 is 0 Å². The Labute approximate surface area is 346 Å². The summed E-state index contributed by atoms with van der Waals surface area (Å²) in [6.45, 7) is 3.34. The molecule has 0 aliphatic carbocycles. The molecule has 330 valence electrons. The van der Waals surface area contributed by atoms with E-state index in [0.717, 1.165) is 57.8 Å². The summed E-state index contributed by atoms with van der Waals surface area (Å²) in [7, 11) is 0. The third-order valence-corrected chi connectivity index (χ3v) is 10.3. The van der Waals surface area contributed by atoms with Gasteiger partial charge in [-0.15, -0.1) is 5.73 Å². The van der Waals surface area contributed by atoms with Crippen LogP contribution in [-0.4, -0.2) is 89.0 Å². The second-order valence-electron chi connectivity index (χ2n) is 15.6. The summed E-state index contributed by atoms with van der Waals surface area (Å²) in [5.74, 6) is -0.880. The van der Waals surface area contributed by atoms with Crippen LogP contribution in [0.5, 0.6) is 0 Å². The number of hydrogen-bond donors (Lipinski definition) is 4. The molecule has 0 spiro atoms. The number of unbranched alkanes of at least 4 members (excludes halogenated alkanes) is 20. The summed E-state index contributed by atoms with van der Waals surface area (Å²) in [5, 5.41) is 40.1. The first-order valence-electron chi connectivity index (χ1n) is 22.8. The van der Waals surface area contributed by atoms with Crippen LogP contribution in [0.15, 0.2) is 42.2 Å². The zero-order valence-corrected chi connectivity index (χ0v) is 35.9. The number of allylic oxidation sites excluding steroid dienone is 5. The summed E-state index contributed by atoms with van der Waals surface area (Å²) in [4.78, 5) is 25.3. The average Bonchev–Trinajstić information content (AvgIpc) is 3.21. The molecule has 1 fully saturated rings. The van der Waals surface area contributed by atoms with E-state index in [1.807, 2.05) is 0 Å². The number of carbonyl (C=O) groups is 2. The van der Waals surface area contributed by atoms with Crippen molar-refractivity contribution >= 4 is 11.9 Å². The monoisotopic (exact) mass is 807 g/mol. The van der Waals surface area contributed by atoms with E-state index in [2.05, 4.69) is 56.0 Å². The van der Waals surface area contributed by atoms with E-state index in [-0.39, 0.29) is 26.1 Å². The van der Waals surface area contributed by atoms with E-state index in [9.17, 15) is 30.0 Å². The van der Waals surface area contributed by atoms with Gasteiger partial charge in [0, 0.05) is 12.8 Å². The number of esters is 2. The molecule has 6 atom stereocenters. The lowest BCUT2D eigenvalue weighted by Gasteiger charge is -2.39. The maximum absolute atomic E-state index is 12.8. The van der Waals surface area contributed by atoms with Gasteiger partial charge >= 0.3 is 11.9 Å². The number of carbonyl (C=O) groups excluding carboxylic acids is 2. The second-order valence-corrected chi connectivity index (χ2v) is 15.6. The molecule has 0 aromatic carbocycles. The Hall–Kier alpha value is -2.30. The molecule has 1 heterocycles. The number of rotatable bonds is 37. The number of aliphatic hydroxyl groups excluding tert-OH is 4. The maximum atomic E-state index is 12.8. The largest absolute Gasteiger partial charge is 0.462 e. The highest BCUT2D eigenvalue weighted by atomic mass is 16.7. The molecule has 0 amide bonds. The van der Waals surface area contributed by atoms with Gasteiger partial charge < -0.3 is 39.4 Å². The number of hydrogen-bond acceptors (Lipinski definition) is 10. The van der Waals surface area contributed by atoms with Gasteiger partial charge in [0.15, 0.2) is 12.4 Å². The van der Waals surface area contributed by atoms with Gasteiger partial charge in [0.2, 0.25) is 0 Å². The van der Waals surface area contributed by atoms with E-state index in [1.54, 1.807) is 0 Å². The van der Waals surface area contributed by atoms with Crippen LogP contribution in [-0.2, 0) is 28.5 Å². The van der Waals surface area contributed by atoms with Crippen LogP contribution in [0.4, 0.5) is 0 Å². The SMILES string of the molecule is CCCCCCCC=C=CCCCCCCCC(=O)O[C@@H](COC(=O)CCC/C=C/C/C=C/CCCCCCCCCCC)CO[C@H]1O[C@@H](CO)[C@@H](O)C(O)C1O. The molecule has 1 rings (SSSR count). The molecular weight excluding hydrogens is 725 g/mol. The highest BCUT2D eigenvalue weighted by molar-refractivity contribution is 5.70. The highest BCUT2D eigenvalue weighted by Crippen LogP contribution is 2.22. The quantitative estimate of drug-likeness (QED) is 0.0207. The molecule has 1 aliphatic rings. The number of ether oxygens (including phenoxy) is 4. The van der Waals surface area contributed by atoms with Crippen LogP contribution in [0.3, 0.4) is 0 Å². The first-order chi connectivity index (χ1) is 27.8. The lowest BCUT2D eigenvalue weighted by Crippen LogP contribution is -2.59. The molecule has 1 saturated heterocycles. The van der Waals surface area contributed by atoms with Crippen molar-refractivity contribution in [1.82, 2.24) is 0 Å². The molecule has 0 bridgehead atoms. The van der Waals surface area contributed by atoms with E-state index < -0.39 is 55.4 Å². The van der Waals surface area contributed by atoms with E-state index in [4.69, 9.17) is 18.9 Å². The van der Waals surface area contributed by atoms with Crippen LogP contribution in [0.25, 0.3) is 0 Å². The summed E-state index contributed by atoms with van der Waals surface area (Å²) < 4.78 is 22.1. The van der Waals surface area contributed by atoms with Crippen molar-refractivity contribution in [3.8, 4) is 0 Å². The van der Waals surface area contributed by atoms with Gasteiger partial charge in [0.25, 0.3) is 0 Å². The maximum Gasteiger partial charge on any atom is 0.306 e. The van der Waals surface area contributed by atoms with Crippen LogP contribution >= 0.6 is 0 Å². The Kier molecular flexibility index (Phi) is 35.1. The smallest absolute Gasteiger partial charge is 0.306 e. The standard InChI is InChI=1S/C47H82O10/c1-3-5-7-9-11-13-15-17-19-20-22-23-25-27-29-31-33-35-42(49)54-38-40(39-55-47-46(53)45(52)44(51)41(37-48)57-47)56-43(50)36-34-32-30-28-26-24-21-18-16-14-12-10-8-6-4-2/h16,21-23,27,29,40-41,44-48,51-53H,3-15,17,19-20,24-26,28,30-39H2,1-2H3/b23-22+,29-27+/t18?,40-,41-,44+,45?,46?,47-/m0/s1. The van der Waals surface area contributed by atoms with Crippen molar-refractivity contribution < 1.29 is 49.0 Å². The van der Waals surface area contributed by atoms with Gasteiger partial charge in [-0.3, -0.25) is 9.59 Å². The second kappa shape index (κ2) is 37.9. The van der Waals surface area contributed by atoms with Crippen molar-refractivity contribution in [2.75, 3.05) is 19.8 Å². The Bertz CT molecular complexity index is 1080. The lowest BCUT2D eigenvalue weighted by molar-refractivity contribution is -0.305. The fourth-order valence-electron chi connectivity index (χ4n) is 6.62. The minimum absolute atomic E-state index is 0.201. The predicted octanol–water partition coefficient (Wildman–Crippen LogP) is 9.65. The van der Waals surface area contributed by atoms with E-state index in [0.29, 0.717) is 12.8 Å². The first-order valence-corrected chi connectivity index (χ1v) is 22.8. The predicted molar refractivity (Wildman–Crippen MR) is 227 cm³/mol. The Balaban J connectivity index is 2.37. The molecule has 10 heteroatoms. The summed E-state index contributed by atoms with van der Waals surface area (Å²) in [6.07, 6.45) is 33.6. The van der Waals surface area contributed by atoms with Crippen LogP contribution in [0, 0.1) is 0 Å².